The fraction of sp³-hybridized carbons (Fsp3) is 0.312. The SMILES string of the molecule is CN=C(NCCc1nc(C(F)(F)F)cs1)NCc1ccc(C(N)=O)cc1. The summed E-state index contributed by atoms with van der Waals surface area (Å²) in [5, 5.41) is 7.51. The molecule has 0 saturated heterocycles. The number of thiazole rings is 1. The van der Waals surface area contributed by atoms with Crippen molar-refractivity contribution in [2.45, 2.75) is 19.1 Å². The van der Waals surface area contributed by atoms with Crippen LogP contribution in [0.2, 0.25) is 0 Å². The molecule has 0 fully saturated rings. The molecular formula is C16H18F3N5OS. The number of aliphatic imine (C=N–C) groups is 1. The van der Waals surface area contributed by atoms with Crippen LogP contribution in [0.4, 0.5) is 13.2 Å². The van der Waals surface area contributed by atoms with Crippen molar-refractivity contribution in [3.05, 3.63) is 51.5 Å². The number of carbonyl (C=O) groups is 1. The largest absolute Gasteiger partial charge is 0.434 e. The number of carbonyl (C=O) groups excluding carboxylic acids is 1. The Labute approximate surface area is 152 Å². The zero-order chi connectivity index (χ0) is 19.2. The molecule has 26 heavy (non-hydrogen) atoms. The van der Waals surface area contributed by atoms with Gasteiger partial charge >= 0.3 is 6.18 Å². The maximum atomic E-state index is 12.5. The van der Waals surface area contributed by atoms with Gasteiger partial charge in [0.15, 0.2) is 11.7 Å². The zero-order valence-electron chi connectivity index (χ0n) is 13.9. The van der Waals surface area contributed by atoms with Crippen molar-refractivity contribution in [3.8, 4) is 0 Å². The van der Waals surface area contributed by atoms with Gasteiger partial charge in [0, 0.05) is 37.5 Å². The van der Waals surface area contributed by atoms with Crippen molar-refractivity contribution in [2.75, 3.05) is 13.6 Å². The highest BCUT2D eigenvalue weighted by Crippen LogP contribution is 2.29. The number of nitrogens with one attached hydrogen (secondary N) is 2. The van der Waals surface area contributed by atoms with E-state index in [0.29, 0.717) is 36.0 Å². The molecule has 0 spiro atoms. The lowest BCUT2D eigenvalue weighted by molar-refractivity contribution is -0.140. The lowest BCUT2D eigenvalue weighted by atomic mass is 10.1. The van der Waals surface area contributed by atoms with Crippen LogP contribution in [0.5, 0.6) is 0 Å². The van der Waals surface area contributed by atoms with E-state index in [1.807, 2.05) is 0 Å². The zero-order valence-corrected chi connectivity index (χ0v) is 14.7. The van der Waals surface area contributed by atoms with Crippen molar-refractivity contribution >= 4 is 23.2 Å². The third-order valence-corrected chi connectivity index (χ3v) is 4.30. The van der Waals surface area contributed by atoms with Gasteiger partial charge in [-0.2, -0.15) is 13.2 Å². The van der Waals surface area contributed by atoms with Gasteiger partial charge < -0.3 is 16.4 Å². The number of rotatable bonds is 6. The Morgan fingerprint density at radius 2 is 1.96 bits per heavy atom. The first kappa shape index (κ1) is 19.7. The molecule has 2 aromatic rings. The quantitative estimate of drug-likeness (QED) is 0.525. The predicted octanol–water partition coefficient (Wildman–Crippen LogP) is 2.17. The van der Waals surface area contributed by atoms with E-state index < -0.39 is 17.8 Å². The molecule has 1 aromatic carbocycles. The fourth-order valence-corrected chi connectivity index (χ4v) is 2.84. The standard InChI is InChI=1S/C16H18F3N5OS/c1-21-15(23-8-10-2-4-11(5-3-10)14(20)25)22-7-6-13-24-12(9-26-13)16(17,18)19/h2-5,9H,6-8H2,1H3,(H2,20,25)(H2,21,22,23). The van der Waals surface area contributed by atoms with Crippen molar-refractivity contribution in [3.63, 3.8) is 0 Å². The Morgan fingerprint density at radius 3 is 2.50 bits per heavy atom. The minimum absolute atomic E-state index is 0.356. The smallest absolute Gasteiger partial charge is 0.366 e. The van der Waals surface area contributed by atoms with Crippen LogP contribution in [0, 0.1) is 0 Å². The van der Waals surface area contributed by atoms with Gasteiger partial charge in [-0.15, -0.1) is 11.3 Å². The number of aromatic nitrogens is 1. The third-order valence-electron chi connectivity index (χ3n) is 3.40. The molecule has 0 atom stereocenters. The predicted molar refractivity (Wildman–Crippen MR) is 94.0 cm³/mol. The molecule has 1 amide bonds. The van der Waals surface area contributed by atoms with Gasteiger partial charge in [0.1, 0.15) is 0 Å². The van der Waals surface area contributed by atoms with Crippen molar-refractivity contribution in [1.29, 1.82) is 0 Å². The number of benzene rings is 1. The van der Waals surface area contributed by atoms with E-state index >= 15 is 0 Å². The number of primary amides is 1. The molecule has 0 aliphatic rings. The van der Waals surface area contributed by atoms with Crippen LogP contribution >= 0.6 is 11.3 Å². The van der Waals surface area contributed by atoms with Crippen LogP contribution < -0.4 is 16.4 Å². The Morgan fingerprint density at radius 1 is 1.27 bits per heavy atom. The van der Waals surface area contributed by atoms with E-state index in [1.54, 1.807) is 31.3 Å². The summed E-state index contributed by atoms with van der Waals surface area (Å²) in [6.07, 6.45) is -4.06. The minimum Gasteiger partial charge on any atom is -0.366 e. The summed E-state index contributed by atoms with van der Waals surface area (Å²) in [7, 11) is 1.59. The highest BCUT2D eigenvalue weighted by molar-refractivity contribution is 7.09. The lowest BCUT2D eigenvalue weighted by Gasteiger charge is -2.11. The molecule has 0 saturated carbocycles. The monoisotopic (exact) mass is 385 g/mol. The summed E-state index contributed by atoms with van der Waals surface area (Å²) in [5.41, 5.74) is 5.68. The van der Waals surface area contributed by atoms with Crippen LogP contribution in [-0.2, 0) is 19.1 Å². The van der Waals surface area contributed by atoms with Gasteiger partial charge in [0.05, 0.1) is 5.01 Å². The molecule has 0 bridgehead atoms. The summed E-state index contributed by atoms with van der Waals surface area (Å²) < 4.78 is 37.5. The number of alkyl halides is 3. The van der Waals surface area contributed by atoms with Crippen molar-refractivity contribution in [1.82, 2.24) is 15.6 Å². The topological polar surface area (TPSA) is 92.4 Å². The molecule has 10 heteroatoms. The summed E-state index contributed by atoms with van der Waals surface area (Å²) in [5.74, 6) is 0.0226. The molecule has 0 aliphatic carbocycles. The van der Waals surface area contributed by atoms with E-state index in [0.717, 1.165) is 22.3 Å². The number of halogens is 3. The third kappa shape index (κ3) is 5.73. The van der Waals surface area contributed by atoms with Gasteiger partial charge in [0.2, 0.25) is 5.91 Å². The van der Waals surface area contributed by atoms with Gasteiger partial charge in [-0.25, -0.2) is 4.98 Å². The maximum absolute atomic E-state index is 12.5. The summed E-state index contributed by atoms with van der Waals surface area (Å²) in [4.78, 5) is 18.7. The molecule has 1 aromatic heterocycles. The maximum Gasteiger partial charge on any atom is 0.434 e. The number of guanidine groups is 1. The lowest BCUT2D eigenvalue weighted by Crippen LogP contribution is -2.37. The van der Waals surface area contributed by atoms with Gasteiger partial charge in [0.25, 0.3) is 0 Å². The Bertz CT molecular complexity index is 771. The number of amides is 1. The second-order valence-corrected chi connectivity index (χ2v) is 6.23. The highest BCUT2D eigenvalue weighted by atomic mass is 32.1. The Balaban J connectivity index is 1.79. The Hall–Kier alpha value is -2.62. The molecule has 0 unspecified atom stereocenters. The molecule has 140 valence electrons. The molecule has 0 aliphatic heterocycles. The fourth-order valence-electron chi connectivity index (χ4n) is 2.04. The van der Waals surface area contributed by atoms with E-state index in [9.17, 15) is 18.0 Å². The molecule has 4 N–H and O–H groups in total. The Kier molecular flexibility index (Phi) is 6.56. The normalized spacial score (nSPS) is 12.1. The molecule has 1 heterocycles. The summed E-state index contributed by atoms with van der Waals surface area (Å²) >= 11 is 0.980. The molecular weight excluding hydrogens is 367 g/mol. The number of hydrogen-bond donors (Lipinski definition) is 3. The van der Waals surface area contributed by atoms with Crippen LogP contribution in [0.15, 0.2) is 34.6 Å². The summed E-state index contributed by atoms with van der Waals surface area (Å²) in [6.45, 7) is 0.860. The second kappa shape index (κ2) is 8.65. The molecule has 0 radical (unpaired) electrons. The molecule has 2 rings (SSSR count). The first-order chi connectivity index (χ1) is 12.3. The number of nitrogens with zero attached hydrogens (tertiary/aromatic N) is 2. The second-order valence-electron chi connectivity index (χ2n) is 5.29. The van der Waals surface area contributed by atoms with E-state index in [-0.39, 0.29) is 0 Å². The van der Waals surface area contributed by atoms with Crippen LogP contribution in [0.3, 0.4) is 0 Å². The average molecular weight is 385 g/mol. The van der Waals surface area contributed by atoms with Crippen molar-refractivity contribution < 1.29 is 18.0 Å². The highest BCUT2D eigenvalue weighted by Gasteiger charge is 2.33. The van der Waals surface area contributed by atoms with Gasteiger partial charge in [-0.1, -0.05) is 12.1 Å². The molecule has 6 nitrogen and oxygen atoms in total. The van der Waals surface area contributed by atoms with E-state index in [4.69, 9.17) is 5.73 Å². The first-order valence-corrected chi connectivity index (χ1v) is 8.52. The minimum atomic E-state index is -4.41. The van der Waals surface area contributed by atoms with Crippen LogP contribution in [0.25, 0.3) is 0 Å². The average Bonchev–Trinajstić information content (AvgIpc) is 3.07. The van der Waals surface area contributed by atoms with Crippen molar-refractivity contribution in [2.24, 2.45) is 10.7 Å². The van der Waals surface area contributed by atoms with E-state index in [1.165, 1.54) is 0 Å². The first-order valence-electron chi connectivity index (χ1n) is 7.64. The van der Waals surface area contributed by atoms with Crippen LogP contribution in [0.1, 0.15) is 26.6 Å². The number of nitrogens with two attached hydrogens (primary N) is 1. The summed E-state index contributed by atoms with van der Waals surface area (Å²) in [6, 6.07) is 6.82. The van der Waals surface area contributed by atoms with E-state index in [2.05, 4.69) is 20.6 Å². The van der Waals surface area contributed by atoms with Crippen LogP contribution in [-0.4, -0.2) is 30.4 Å². The number of hydrogen-bond acceptors (Lipinski definition) is 4. The van der Waals surface area contributed by atoms with Gasteiger partial charge in [-0.05, 0) is 17.7 Å². The van der Waals surface area contributed by atoms with Gasteiger partial charge in [-0.3, -0.25) is 9.79 Å².